The van der Waals surface area contributed by atoms with Crippen molar-refractivity contribution in [2.75, 3.05) is 29.9 Å². The molecule has 1 unspecified atom stereocenters. The Morgan fingerprint density at radius 1 is 1.35 bits per heavy atom. The summed E-state index contributed by atoms with van der Waals surface area (Å²) in [6.45, 7) is 6.72. The number of nitrogens with one attached hydrogen (secondary N) is 1. The highest BCUT2D eigenvalue weighted by atomic mass is 16.2. The maximum Gasteiger partial charge on any atom is 0.227 e. The summed E-state index contributed by atoms with van der Waals surface area (Å²) in [5, 5.41) is 3.47. The van der Waals surface area contributed by atoms with Crippen molar-refractivity contribution < 1.29 is 4.79 Å². The van der Waals surface area contributed by atoms with Crippen LogP contribution in [0.3, 0.4) is 0 Å². The highest BCUT2D eigenvalue weighted by Gasteiger charge is 2.23. The molecule has 2 rings (SSSR count). The van der Waals surface area contributed by atoms with Gasteiger partial charge in [0.1, 0.15) is 0 Å². The highest BCUT2D eigenvalue weighted by molar-refractivity contribution is 5.98. The molecule has 1 aromatic rings. The molecule has 1 aromatic carbocycles. The number of carbonyl (C=O) groups excluding carboxylic acids is 1. The maximum atomic E-state index is 11.9. The zero-order valence-electron chi connectivity index (χ0n) is 12.4. The van der Waals surface area contributed by atoms with Gasteiger partial charge >= 0.3 is 0 Å². The Kier molecular flexibility index (Phi) is 5.01. The van der Waals surface area contributed by atoms with E-state index in [2.05, 4.69) is 19.2 Å². The van der Waals surface area contributed by atoms with Crippen molar-refractivity contribution in [3.63, 3.8) is 0 Å². The third kappa shape index (κ3) is 3.31. The van der Waals surface area contributed by atoms with Gasteiger partial charge in [0.15, 0.2) is 0 Å². The molecule has 1 aliphatic heterocycles. The second kappa shape index (κ2) is 6.75. The lowest BCUT2D eigenvalue weighted by Gasteiger charge is -2.24. The van der Waals surface area contributed by atoms with Gasteiger partial charge in [-0.3, -0.25) is 4.79 Å². The normalized spacial score (nSPS) is 16.8. The van der Waals surface area contributed by atoms with E-state index < -0.39 is 0 Å². The molecular weight excluding hydrogens is 250 g/mol. The molecule has 0 aliphatic carbocycles. The summed E-state index contributed by atoms with van der Waals surface area (Å²) in [4.78, 5) is 13.8. The van der Waals surface area contributed by atoms with Crippen LogP contribution >= 0.6 is 0 Å². The van der Waals surface area contributed by atoms with Gasteiger partial charge in [-0.05, 0) is 36.9 Å². The Labute approximate surface area is 121 Å². The number of amides is 1. The van der Waals surface area contributed by atoms with Crippen molar-refractivity contribution in [2.24, 2.45) is 17.6 Å². The Morgan fingerprint density at radius 2 is 2.10 bits per heavy atom. The first-order valence-electron chi connectivity index (χ1n) is 7.46. The van der Waals surface area contributed by atoms with Gasteiger partial charge in [-0.15, -0.1) is 0 Å². The molecule has 20 heavy (non-hydrogen) atoms. The molecule has 1 fully saturated rings. The molecule has 0 aromatic heterocycles. The molecule has 4 nitrogen and oxygen atoms in total. The Hall–Kier alpha value is -1.55. The summed E-state index contributed by atoms with van der Waals surface area (Å²) in [6.07, 6.45) is 1.61. The zero-order chi connectivity index (χ0) is 14.5. The molecule has 1 saturated heterocycles. The first-order chi connectivity index (χ1) is 9.63. The van der Waals surface area contributed by atoms with Crippen molar-refractivity contribution in [2.45, 2.75) is 26.7 Å². The number of hydrogen-bond donors (Lipinski definition) is 2. The summed E-state index contributed by atoms with van der Waals surface area (Å²) in [5.41, 5.74) is 7.84. The van der Waals surface area contributed by atoms with E-state index in [-0.39, 0.29) is 5.91 Å². The summed E-state index contributed by atoms with van der Waals surface area (Å²) >= 11 is 0. The predicted octanol–water partition coefficient (Wildman–Crippen LogP) is 2.46. The molecular formula is C16H25N3O. The van der Waals surface area contributed by atoms with E-state index in [4.69, 9.17) is 5.73 Å². The minimum absolute atomic E-state index is 0.221. The Balaban J connectivity index is 2.10. The predicted molar refractivity (Wildman–Crippen MR) is 83.9 cm³/mol. The van der Waals surface area contributed by atoms with E-state index in [1.165, 1.54) is 0 Å². The van der Waals surface area contributed by atoms with E-state index in [9.17, 15) is 4.79 Å². The van der Waals surface area contributed by atoms with E-state index >= 15 is 0 Å². The van der Waals surface area contributed by atoms with Crippen molar-refractivity contribution in [3.8, 4) is 0 Å². The van der Waals surface area contributed by atoms with Crippen molar-refractivity contribution in [1.82, 2.24) is 0 Å². The minimum atomic E-state index is 0.221. The average Bonchev–Trinajstić information content (AvgIpc) is 2.86. The third-order valence-electron chi connectivity index (χ3n) is 4.07. The van der Waals surface area contributed by atoms with Crippen molar-refractivity contribution >= 4 is 17.3 Å². The summed E-state index contributed by atoms with van der Waals surface area (Å²) in [7, 11) is 0. The van der Waals surface area contributed by atoms with Crippen LogP contribution in [0.4, 0.5) is 11.4 Å². The largest absolute Gasteiger partial charge is 0.383 e. The fourth-order valence-electron chi connectivity index (χ4n) is 2.59. The SMILES string of the molecule is CC(C)C(CN)CNc1ccccc1N1CCCC1=O. The van der Waals surface area contributed by atoms with Crippen LogP contribution in [0.15, 0.2) is 24.3 Å². The number of rotatable bonds is 6. The molecule has 1 amide bonds. The van der Waals surface area contributed by atoms with Gasteiger partial charge in [0.05, 0.1) is 11.4 Å². The third-order valence-corrected chi connectivity index (χ3v) is 4.07. The number of anilines is 2. The fourth-order valence-corrected chi connectivity index (χ4v) is 2.59. The number of carbonyl (C=O) groups is 1. The van der Waals surface area contributed by atoms with Crippen LogP contribution in [0.25, 0.3) is 0 Å². The van der Waals surface area contributed by atoms with E-state index in [0.29, 0.717) is 24.8 Å². The molecule has 1 heterocycles. The van der Waals surface area contributed by atoms with Crippen LogP contribution < -0.4 is 16.0 Å². The monoisotopic (exact) mass is 275 g/mol. The van der Waals surface area contributed by atoms with E-state index in [1.54, 1.807) is 0 Å². The summed E-state index contributed by atoms with van der Waals surface area (Å²) in [6, 6.07) is 8.03. The van der Waals surface area contributed by atoms with Crippen molar-refractivity contribution in [1.29, 1.82) is 0 Å². The highest BCUT2D eigenvalue weighted by Crippen LogP contribution is 2.29. The molecule has 0 radical (unpaired) electrons. The second-order valence-corrected chi connectivity index (χ2v) is 5.79. The average molecular weight is 275 g/mol. The van der Waals surface area contributed by atoms with Gasteiger partial charge in [-0.2, -0.15) is 0 Å². The lowest BCUT2D eigenvalue weighted by molar-refractivity contribution is -0.117. The zero-order valence-corrected chi connectivity index (χ0v) is 12.4. The van der Waals surface area contributed by atoms with E-state index in [0.717, 1.165) is 30.9 Å². The molecule has 0 bridgehead atoms. The molecule has 3 N–H and O–H groups in total. The van der Waals surface area contributed by atoms with Gasteiger partial charge in [-0.1, -0.05) is 26.0 Å². The number of nitrogens with two attached hydrogens (primary N) is 1. The lowest BCUT2D eigenvalue weighted by Crippen LogP contribution is -2.29. The van der Waals surface area contributed by atoms with Crippen LogP contribution in [0, 0.1) is 11.8 Å². The first kappa shape index (κ1) is 14.9. The molecule has 110 valence electrons. The van der Waals surface area contributed by atoms with Gasteiger partial charge in [-0.25, -0.2) is 0 Å². The molecule has 1 aliphatic rings. The minimum Gasteiger partial charge on any atom is -0.383 e. The first-order valence-corrected chi connectivity index (χ1v) is 7.46. The topological polar surface area (TPSA) is 58.4 Å². The lowest BCUT2D eigenvalue weighted by atomic mass is 9.96. The maximum absolute atomic E-state index is 11.9. The fraction of sp³-hybridized carbons (Fsp3) is 0.562. The van der Waals surface area contributed by atoms with Crippen molar-refractivity contribution in [3.05, 3.63) is 24.3 Å². The van der Waals surface area contributed by atoms with Crippen LogP contribution in [-0.4, -0.2) is 25.5 Å². The van der Waals surface area contributed by atoms with Crippen LogP contribution in [0.1, 0.15) is 26.7 Å². The number of nitrogens with zero attached hydrogens (tertiary/aromatic N) is 1. The second-order valence-electron chi connectivity index (χ2n) is 5.79. The van der Waals surface area contributed by atoms with Crippen LogP contribution in [-0.2, 0) is 4.79 Å². The van der Waals surface area contributed by atoms with Gasteiger partial charge in [0, 0.05) is 19.5 Å². The molecule has 1 atom stereocenters. The molecule has 0 saturated carbocycles. The number of hydrogen-bond acceptors (Lipinski definition) is 3. The van der Waals surface area contributed by atoms with Gasteiger partial charge in [0.25, 0.3) is 0 Å². The van der Waals surface area contributed by atoms with Crippen LogP contribution in [0.5, 0.6) is 0 Å². The van der Waals surface area contributed by atoms with E-state index in [1.807, 2.05) is 29.2 Å². The smallest absolute Gasteiger partial charge is 0.227 e. The summed E-state index contributed by atoms with van der Waals surface area (Å²) in [5.74, 6) is 1.21. The van der Waals surface area contributed by atoms with Gasteiger partial charge in [0.2, 0.25) is 5.91 Å². The molecule has 4 heteroatoms. The van der Waals surface area contributed by atoms with Crippen LogP contribution in [0.2, 0.25) is 0 Å². The Morgan fingerprint density at radius 3 is 2.70 bits per heavy atom. The quantitative estimate of drug-likeness (QED) is 0.838. The number of para-hydroxylation sites is 2. The number of benzene rings is 1. The Bertz CT molecular complexity index is 459. The van der Waals surface area contributed by atoms with Gasteiger partial charge < -0.3 is 16.0 Å². The molecule has 0 spiro atoms. The standard InChI is InChI=1S/C16H25N3O/c1-12(2)13(10-17)11-18-14-6-3-4-7-15(14)19-9-5-8-16(19)20/h3-4,6-7,12-13,18H,5,8-11,17H2,1-2H3. The summed E-state index contributed by atoms with van der Waals surface area (Å²) < 4.78 is 0.